The fourth-order valence-corrected chi connectivity index (χ4v) is 4.78. The van der Waals surface area contributed by atoms with Gasteiger partial charge in [0.1, 0.15) is 11.6 Å². The number of allylic oxidation sites excluding steroid dienone is 2. The molecule has 6 heteroatoms. The van der Waals surface area contributed by atoms with E-state index in [1.165, 1.54) is 11.6 Å². The lowest BCUT2D eigenvalue weighted by atomic mass is 9.71. The third-order valence-corrected chi connectivity index (χ3v) is 6.20. The molecule has 2 aliphatic rings. The number of aromatic nitrogens is 2. The van der Waals surface area contributed by atoms with Gasteiger partial charge in [-0.25, -0.2) is 4.79 Å². The van der Waals surface area contributed by atoms with Crippen LogP contribution in [-0.2, 0) is 18.9 Å². The number of fused-ring (bicyclic) bond motifs is 3. The van der Waals surface area contributed by atoms with Crippen molar-refractivity contribution < 1.29 is 4.79 Å². The monoisotopic (exact) mass is 387 g/mol. The molecule has 0 amide bonds. The van der Waals surface area contributed by atoms with Gasteiger partial charge in [0.25, 0.3) is 5.56 Å². The minimum atomic E-state index is -0.452. The highest BCUT2D eigenvalue weighted by Crippen LogP contribution is 2.46. The molecule has 1 aliphatic heterocycles. The topological polar surface area (TPSA) is 73.1 Å². The highest BCUT2D eigenvalue weighted by Gasteiger charge is 2.43. The summed E-state index contributed by atoms with van der Waals surface area (Å²) < 4.78 is 2.59. The van der Waals surface area contributed by atoms with Crippen LogP contribution in [0.3, 0.4) is 0 Å². The molecule has 5 rings (SSSR count). The molecule has 1 aliphatic carbocycles. The van der Waals surface area contributed by atoms with Crippen LogP contribution in [0.1, 0.15) is 29.9 Å². The van der Waals surface area contributed by atoms with E-state index in [1.54, 1.807) is 7.05 Å². The van der Waals surface area contributed by atoms with Crippen molar-refractivity contribution in [3.63, 3.8) is 0 Å². The molecule has 1 aromatic heterocycles. The molecule has 146 valence electrons. The second-order valence-electron chi connectivity index (χ2n) is 7.78. The van der Waals surface area contributed by atoms with Crippen LogP contribution in [-0.4, -0.2) is 14.9 Å². The molecule has 0 fully saturated rings. The third-order valence-electron chi connectivity index (χ3n) is 6.20. The Morgan fingerprint density at radius 3 is 2.52 bits per heavy atom. The first-order valence-corrected chi connectivity index (χ1v) is 9.76. The number of hydrogen-bond acceptors (Lipinski definition) is 4. The summed E-state index contributed by atoms with van der Waals surface area (Å²) in [5.41, 5.74) is 1.45. The predicted molar refractivity (Wildman–Crippen MR) is 112 cm³/mol. The lowest BCUT2D eigenvalue weighted by Crippen LogP contribution is -2.46. The van der Waals surface area contributed by atoms with Crippen LogP contribution in [0, 0.1) is 5.92 Å². The molecule has 0 saturated carbocycles. The van der Waals surface area contributed by atoms with Crippen LogP contribution >= 0.6 is 0 Å². The molecular formula is C23H21N3O3. The second kappa shape index (κ2) is 6.30. The Balaban J connectivity index is 1.92. The van der Waals surface area contributed by atoms with Crippen LogP contribution in [0.4, 0.5) is 5.82 Å². The van der Waals surface area contributed by atoms with Crippen LogP contribution in [0.25, 0.3) is 10.8 Å². The first kappa shape index (κ1) is 17.7. The van der Waals surface area contributed by atoms with E-state index in [4.69, 9.17) is 0 Å². The molecule has 2 atom stereocenters. The van der Waals surface area contributed by atoms with E-state index in [1.807, 2.05) is 48.5 Å². The maximum absolute atomic E-state index is 13.3. The average Bonchev–Trinajstić information content (AvgIpc) is 2.74. The number of benzene rings is 2. The first-order chi connectivity index (χ1) is 14.0. The number of Topliss-reactive ketones (excluding diaryl/α,β-unsaturated/α-hetero) is 1. The van der Waals surface area contributed by atoms with Crippen molar-refractivity contribution in [2.24, 2.45) is 20.0 Å². The Morgan fingerprint density at radius 2 is 1.69 bits per heavy atom. The lowest BCUT2D eigenvalue weighted by Gasteiger charge is -2.38. The van der Waals surface area contributed by atoms with E-state index >= 15 is 0 Å². The summed E-state index contributed by atoms with van der Waals surface area (Å²) in [7, 11) is 3.14. The second-order valence-corrected chi connectivity index (χ2v) is 7.78. The van der Waals surface area contributed by atoms with Crippen molar-refractivity contribution >= 4 is 22.4 Å². The highest BCUT2D eigenvalue weighted by molar-refractivity contribution is 5.92. The molecule has 0 bridgehead atoms. The summed E-state index contributed by atoms with van der Waals surface area (Å²) in [6.45, 7) is 0. The summed E-state index contributed by atoms with van der Waals surface area (Å²) in [5, 5.41) is 5.32. The quantitative estimate of drug-likeness (QED) is 0.697. The van der Waals surface area contributed by atoms with E-state index < -0.39 is 11.8 Å². The van der Waals surface area contributed by atoms with E-state index in [2.05, 4.69) is 5.32 Å². The first-order valence-electron chi connectivity index (χ1n) is 9.76. The molecule has 2 aromatic carbocycles. The van der Waals surface area contributed by atoms with Gasteiger partial charge in [0.15, 0.2) is 0 Å². The number of rotatable bonds is 1. The van der Waals surface area contributed by atoms with Crippen LogP contribution in [0.2, 0.25) is 0 Å². The van der Waals surface area contributed by atoms with E-state index in [0.29, 0.717) is 24.2 Å². The lowest BCUT2D eigenvalue weighted by molar-refractivity contribution is -0.122. The third kappa shape index (κ3) is 2.45. The van der Waals surface area contributed by atoms with Gasteiger partial charge in [-0.1, -0.05) is 48.5 Å². The van der Waals surface area contributed by atoms with Gasteiger partial charge < -0.3 is 5.32 Å². The summed E-state index contributed by atoms with van der Waals surface area (Å²) in [4.78, 5) is 38.9. The molecule has 1 N–H and O–H groups in total. The molecular weight excluding hydrogens is 366 g/mol. The number of anilines is 1. The fraction of sp³-hybridized carbons (Fsp3) is 0.261. The number of carbonyl (C=O) groups excluding carboxylic acids is 1. The number of carbonyl (C=O) groups is 1. The van der Waals surface area contributed by atoms with Crippen molar-refractivity contribution in [3.05, 3.63) is 86.2 Å². The van der Waals surface area contributed by atoms with Gasteiger partial charge in [-0.05, 0) is 22.8 Å². The smallest absolute Gasteiger partial charge is 0.332 e. The van der Waals surface area contributed by atoms with E-state index in [9.17, 15) is 14.4 Å². The largest absolute Gasteiger partial charge is 0.344 e. The van der Waals surface area contributed by atoms with Crippen molar-refractivity contribution in [2.75, 3.05) is 5.32 Å². The van der Waals surface area contributed by atoms with Gasteiger partial charge in [-0.15, -0.1) is 0 Å². The summed E-state index contributed by atoms with van der Waals surface area (Å²) in [6, 6.07) is 14.0. The fourth-order valence-electron chi connectivity index (χ4n) is 4.78. The molecule has 2 heterocycles. The molecule has 0 radical (unpaired) electrons. The maximum atomic E-state index is 13.3. The Hall–Kier alpha value is -3.41. The standard InChI is InChI=1S/C23H21N3O3/c1-25-21-20(22(28)26(2)23(25)29)18(19-16(24-21)11-6-12-17(19)27)15-10-5-8-13-7-3-4-9-14(13)15/h3-5,7-11,18-19,24H,6,12H2,1-2H3/t18-,19-/m1/s1. The minimum Gasteiger partial charge on any atom is -0.344 e. The van der Waals surface area contributed by atoms with Crippen LogP contribution in [0.5, 0.6) is 0 Å². The SMILES string of the molecule is Cn1c2c(c(=O)n(C)c1=O)[C@H](c1cccc3ccccc13)[C@H]1C(=O)CCC=C1N2. The van der Waals surface area contributed by atoms with Gasteiger partial charge >= 0.3 is 5.69 Å². The number of ketones is 1. The molecule has 0 unspecified atom stereocenters. The Kier molecular flexibility index (Phi) is 3.84. The molecule has 0 spiro atoms. The van der Waals surface area contributed by atoms with E-state index in [-0.39, 0.29) is 17.0 Å². The Morgan fingerprint density at radius 1 is 0.931 bits per heavy atom. The predicted octanol–water partition coefficient (Wildman–Crippen LogP) is 2.66. The van der Waals surface area contributed by atoms with Crippen molar-refractivity contribution in [2.45, 2.75) is 18.8 Å². The number of nitrogens with one attached hydrogen (secondary N) is 1. The molecule has 3 aromatic rings. The maximum Gasteiger partial charge on any atom is 0.332 e. The normalized spacial score (nSPS) is 20.6. The van der Waals surface area contributed by atoms with Gasteiger partial charge in [-0.3, -0.25) is 18.7 Å². The Labute approximate surface area is 167 Å². The van der Waals surface area contributed by atoms with Crippen molar-refractivity contribution in [3.8, 4) is 0 Å². The zero-order chi connectivity index (χ0) is 20.3. The van der Waals surface area contributed by atoms with Gasteiger partial charge in [0.05, 0.1) is 11.5 Å². The summed E-state index contributed by atoms with van der Waals surface area (Å²) >= 11 is 0. The van der Waals surface area contributed by atoms with Gasteiger partial charge in [0.2, 0.25) is 0 Å². The zero-order valence-electron chi connectivity index (χ0n) is 16.3. The van der Waals surface area contributed by atoms with Crippen LogP contribution < -0.4 is 16.6 Å². The highest BCUT2D eigenvalue weighted by atomic mass is 16.2. The average molecular weight is 387 g/mol. The molecule has 29 heavy (non-hydrogen) atoms. The molecule has 6 nitrogen and oxygen atoms in total. The number of hydrogen-bond donors (Lipinski definition) is 1. The van der Waals surface area contributed by atoms with Crippen molar-refractivity contribution in [1.82, 2.24) is 9.13 Å². The molecule has 0 saturated heterocycles. The van der Waals surface area contributed by atoms with Gasteiger partial charge in [-0.2, -0.15) is 0 Å². The minimum absolute atomic E-state index is 0.120. The van der Waals surface area contributed by atoms with Crippen molar-refractivity contribution in [1.29, 1.82) is 0 Å². The number of nitrogens with zero attached hydrogens (tertiary/aromatic N) is 2. The zero-order valence-corrected chi connectivity index (χ0v) is 16.3. The van der Waals surface area contributed by atoms with E-state index in [0.717, 1.165) is 26.6 Å². The summed E-state index contributed by atoms with van der Waals surface area (Å²) in [5.74, 6) is -0.295. The van der Waals surface area contributed by atoms with Gasteiger partial charge in [0, 0.05) is 32.1 Å². The summed E-state index contributed by atoms with van der Waals surface area (Å²) in [6.07, 6.45) is 3.14. The Bertz CT molecular complexity index is 1320. The van der Waals surface area contributed by atoms with Crippen LogP contribution in [0.15, 0.2) is 63.8 Å².